The molecule has 1 aromatic rings. The number of thiophene rings is 1. The Labute approximate surface area is 113 Å². The van der Waals surface area contributed by atoms with E-state index in [9.17, 15) is 9.90 Å². The van der Waals surface area contributed by atoms with Gasteiger partial charge < -0.3 is 10.4 Å². The maximum absolute atomic E-state index is 11.2. The number of halogens is 1. The first kappa shape index (κ1) is 13.0. The quantitative estimate of drug-likeness (QED) is 0.894. The third-order valence-electron chi connectivity index (χ3n) is 3.07. The van der Waals surface area contributed by atoms with E-state index in [-0.39, 0.29) is 6.04 Å². The minimum absolute atomic E-state index is 0.148. The Hall–Kier alpha value is -0.430. The lowest BCUT2D eigenvalue weighted by Crippen LogP contribution is -2.55. The van der Waals surface area contributed by atoms with Crippen molar-refractivity contribution in [3.63, 3.8) is 0 Å². The molecule has 2 unspecified atom stereocenters. The summed E-state index contributed by atoms with van der Waals surface area (Å²) in [6.07, 6.45) is 0. The fourth-order valence-electron chi connectivity index (χ4n) is 2.12. The second-order valence-corrected chi connectivity index (χ2v) is 6.00. The van der Waals surface area contributed by atoms with E-state index in [1.165, 1.54) is 4.88 Å². The number of nitrogens with one attached hydrogen (secondary N) is 1. The highest BCUT2D eigenvalue weighted by Gasteiger charge is 2.32. The van der Waals surface area contributed by atoms with Crippen molar-refractivity contribution >= 4 is 33.2 Å². The number of carboxylic acid groups (broad SMARTS) is 1. The van der Waals surface area contributed by atoms with Gasteiger partial charge in [0, 0.05) is 40.4 Å². The molecule has 1 fully saturated rings. The Balaban J connectivity index is 2.16. The van der Waals surface area contributed by atoms with Crippen LogP contribution in [0.25, 0.3) is 0 Å². The van der Waals surface area contributed by atoms with E-state index < -0.39 is 12.0 Å². The molecule has 2 heterocycles. The average Bonchev–Trinajstić information content (AvgIpc) is 2.75. The van der Waals surface area contributed by atoms with Gasteiger partial charge in [-0.1, -0.05) is 0 Å². The number of carbonyl (C=O) groups is 1. The van der Waals surface area contributed by atoms with Crippen molar-refractivity contribution in [3.05, 3.63) is 20.8 Å². The maximum atomic E-state index is 11.2. The molecule has 4 nitrogen and oxygen atoms in total. The van der Waals surface area contributed by atoms with E-state index >= 15 is 0 Å². The topological polar surface area (TPSA) is 52.6 Å². The summed E-state index contributed by atoms with van der Waals surface area (Å²) < 4.78 is 1.06. The highest BCUT2D eigenvalue weighted by molar-refractivity contribution is 9.10. The monoisotopic (exact) mass is 318 g/mol. The molecule has 6 heteroatoms. The molecule has 2 N–H and O–H groups in total. The molecule has 0 amide bonds. The molecule has 1 aliphatic rings. The summed E-state index contributed by atoms with van der Waals surface area (Å²) in [5.41, 5.74) is 0. The van der Waals surface area contributed by atoms with Gasteiger partial charge in [-0.05, 0) is 28.9 Å². The van der Waals surface area contributed by atoms with Crippen LogP contribution < -0.4 is 5.32 Å². The molecular weight excluding hydrogens is 304 g/mol. The Morgan fingerprint density at radius 1 is 1.76 bits per heavy atom. The molecule has 1 saturated heterocycles. The molecule has 0 spiro atoms. The summed E-state index contributed by atoms with van der Waals surface area (Å²) in [5, 5.41) is 14.4. The second kappa shape index (κ2) is 5.48. The van der Waals surface area contributed by atoms with E-state index in [0.29, 0.717) is 6.54 Å². The second-order valence-electron chi connectivity index (χ2n) is 4.14. The summed E-state index contributed by atoms with van der Waals surface area (Å²) in [6, 6.07) is 1.78. The van der Waals surface area contributed by atoms with Crippen molar-refractivity contribution in [3.8, 4) is 0 Å². The first-order valence-corrected chi connectivity index (χ1v) is 7.20. The molecule has 1 aromatic heterocycles. The van der Waals surface area contributed by atoms with Crippen molar-refractivity contribution in [2.75, 3.05) is 19.6 Å². The van der Waals surface area contributed by atoms with Crippen LogP contribution in [0.5, 0.6) is 0 Å². The average molecular weight is 319 g/mol. The molecule has 0 aliphatic carbocycles. The minimum Gasteiger partial charge on any atom is -0.480 e. The van der Waals surface area contributed by atoms with Crippen LogP contribution in [0.3, 0.4) is 0 Å². The zero-order valence-electron chi connectivity index (χ0n) is 9.52. The van der Waals surface area contributed by atoms with Crippen molar-refractivity contribution < 1.29 is 9.90 Å². The highest BCUT2D eigenvalue weighted by Crippen LogP contribution is 2.30. The van der Waals surface area contributed by atoms with E-state index in [0.717, 1.165) is 17.6 Å². The van der Waals surface area contributed by atoms with Gasteiger partial charge in [-0.3, -0.25) is 9.69 Å². The van der Waals surface area contributed by atoms with E-state index in [1.807, 2.05) is 5.38 Å². The first-order chi connectivity index (χ1) is 8.09. The third kappa shape index (κ3) is 2.88. The SMILES string of the molecule is CC(c1cc(Br)cs1)N1CCNCC1C(=O)O. The largest absolute Gasteiger partial charge is 0.480 e. The number of hydrogen-bond donors (Lipinski definition) is 2. The molecule has 0 radical (unpaired) electrons. The van der Waals surface area contributed by atoms with Gasteiger partial charge in [-0.15, -0.1) is 11.3 Å². The number of hydrogen-bond acceptors (Lipinski definition) is 4. The zero-order chi connectivity index (χ0) is 12.4. The predicted molar refractivity (Wildman–Crippen MR) is 71.4 cm³/mol. The minimum atomic E-state index is -0.750. The maximum Gasteiger partial charge on any atom is 0.322 e. The molecule has 1 aliphatic heterocycles. The van der Waals surface area contributed by atoms with Crippen LogP contribution in [0.15, 0.2) is 15.9 Å². The number of nitrogens with zero attached hydrogens (tertiary/aromatic N) is 1. The van der Waals surface area contributed by atoms with Gasteiger partial charge >= 0.3 is 5.97 Å². The smallest absolute Gasteiger partial charge is 0.322 e. The Morgan fingerprint density at radius 2 is 2.53 bits per heavy atom. The molecule has 94 valence electrons. The number of rotatable bonds is 3. The number of aliphatic carboxylic acids is 1. The lowest BCUT2D eigenvalue weighted by Gasteiger charge is -2.37. The summed E-state index contributed by atoms with van der Waals surface area (Å²) in [4.78, 5) is 14.5. The van der Waals surface area contributed by atoms with Crippen LogP contribution in [0.2, 0.25) is 0 Å². The van der Waals surface area contributed by atoms with Crippen LogP contribution in [0.4, 0.5) is 0 Å². The van der Waals surface area contributed by atoms with Gasteiger partial charge in [0.2, 0.25) is 0 Å². The van der Waals surface area contributed by atoms with Crippen LogP contribution in [-0.4, -0.2) is 41.7 Å². The molecule has 0 aromatic carbocycles. The zero-order valence-corrected chi connectivity index (χ0v) is 11.9. The van der Waals surface area contributed by atoms with Crippen LogP contribution in [-0.2, 0) is 4.79 Å². The molecule has 17 heavy (non-hydrogen) atoms. The molecular formula is C11H15BrN2O2S. The summed E-state index contributed by atoms with van der Waals surface area (Å²) in [5.74, 6) is -0.750. The van der Waals surface area contributed by atoms with Crippen LogP contribution in [0.1, 0.15) is 17.8 Å². The summed E-state index contributed by atoms with van der Waals surface area (Å²) in [7, 11) is 0. The van der Waals surface area contributed by atoms with E-state index in [4.69, 9.17) is 0 Å². The Bertz CT molecular complexity index is 410. The van der Waals surface area contributed by atoms with E-state index in [2.05, 4.69) is 39.1 Å². The molecule has 0 saturated carbocycles. The Kier molecular flexibility index (Phi) is 4.19. The summed E-state index contributed by atoms with van der Waals surface area (Å²) >= 11 is 5.09. The van der Waals surface area contributed by atoms with Gasteiger partial charge in [-0.2, -0.15) is 0 Å². The van der Waals surface area contributed by atoms with E-state index in [1.54, 1.807) is 11.3 Å². The highest BCUT2D eigenvalue weighted by atomic mass is 79.9. The lowest BCUT2D eigenvalue weighted by molar-refractivity contribution is -0.145. The number of carboxylic acids is 1. The van der Waals surface area contributed by atoms with Crippen molar-refractivity contribution in [1.29, 1.82) is 0 Å². The summed E-state index contributed by atoms with van der Waals surface area (Å²) in [6.45, 7) is 4.21. The van der Waals surface area contributed by atoms with Gasteiger partial charge in [0.05, 0.1) is 0 Å². The van der Waals surface area contributed by atoms with Gasteiger partial charge in [0.15, 0.2) is 0 Å². The molecule has 2 rings (SSSR count). The first-order valence-electron chi connectivity index (χ1n) is 5.53. The molecule has 0 bridgehead atoms. The van der Waals surface area contributed by atoms with Gasteiger partial charge in [0.25, 0.3) is 0 Å². The lowest BCUT2D eigenvalue weighted by atomic mass is 10.1. The predicted octanol–water partition coefficient (Wildman–Crippen LogP) is 1.93. The Morgan fingerprint density at radius 3 is 3.12 bits per heavy atom. The number of piperazine rings is 1. The third-order valence-corrected chi connectivity index (χ3v) is 4.93. The van der Waals surface area contributed by atoms with Gasteiger partial charge in [-0.25, -0.2) is 0 Å². The van der Waals surface area contributed by atoms with Crippen LogP contribution in [0, 0.1) is 0 Å². The standard InChI is InChI=1S/C11H15BrN2O2S/c1-7(10-4-8(12)6-17-10)14-3-2-13-5-9(14)11(15)16/h4,6-7,9,13H,2-3,5H2,1H3,(H,15,16). The fraction of sp³-hybridized carbons (Fsp3) is 0.545. The van der Waals surface area contributed by atoms with Crippen LogP contribution >= 0.6 is 27.3 Å². The molecule has 2 atom stereocenters. The fourth-order valence-corrected chi connectivity index (χ4v) is 3.65. The van der Waals surface area contributed by atoms with Gasteiger partial charge in [0.1, 0.15) is 6.04 Å². The van der Waals surface area contributed by atoms with Crippen molar-refractivity contribution in [2.45, 2.75) is 19.0 Å². The van der Waals surface area contributed by atoms with Crippen molar-refractivity contribution in [2.24, 2.45) is 0 Å². The normalized spacial score (nSPS) is 23.5. The van der Waals surface area contributed by atoms with Crippen molar-refractivity contribution in [1.82, 2.24) is 10.2 Å².